The van der Waals surface area contributed by atoms with Gasteiger partial charge in [-0.3, -0.25) is 0 Å². The van der Waals surface area contributed by atoms with Gasteiger partial charge in [0.25, 0.3) is 0 Å². The summed E-state index contributed by atoms with van der Waals surface area (Å²) in [7, 11) is 0. The predicted octanol–water partition coefficient (Wildman–Crippen LogP) is -0.691. The zero-order valence-corrected chi connectivity index (χ0v) is 8.59. The number of aliphatic hydroxyl groups excluding tert-OH is 1. The third-order valence-electron chi connectivity index (χ3n) is 2.32. The predicted molar refractivity (Wildman–Crippen MR) is 58.0 cm³/mol. The Morgan fingerprint density at radius 2 is 2.50 bits per heavy atom. The molecule has 0 saturated heterocycles. The number of urea groups is 1. The van der Waals surface area contributed by atoms with Gasteiger partial charge in [-0.05, 0) is 12.2 Å². The van der Waals surface area contributed by atoms with Crippen LogP contribution in [0.3, 0.4) is 0 Å². The van der Waals surface area contributed by atoms with E-state index >= 15 is 0 Å². The Bertz CT molecular complexity index is 387. The molecule has 0 spiro atoms. The Labute approximate surface area is 92.5 Å². The van der Waals surface area contributed by atoms with Crippen LogP contribution in [0, 0.1) is 0 Å². The molecule has 6 heteroatoms. The minimum absolute atomic E-state index is 0.107. The molecule has 0 aromatic heterocycles. The molecule has 0 bridgehead atoms. The molecule has 2 atom stereocenters. The Hall–Kier alpha value is -1.66. The molecular weight excluding hydrogens is 210 g/mol. The van der Waals surface area contributed by atoms with Crippen molar-refractivity contribution in [3.05, 3.63) is 24.0 Å². The molecule has 6 nitrogen and oxygen atoms in total. The molecule has 0 saturated carbocycles. The van der Waals surface area contributed by atoms with Gasteiger partial charge in [-0.25, -0.2) is 4.79 Å². The number of carbonyl (C=O) groups is 1. The molecule has 0 radical (unpaired) electrons. The highest BCUT2D eigenvalue weighted by Gasteiger charge is 2.30. The maximum Gasteiger partial charge on any atom is 0.342 e. The number of nitrogens with two attached hydrogens (primary N) is 1. The number of rotatable bonds is 4. The molecule has 1 heterocycles. The van der Waals surface area contributed by atoms with Crippen LogP contribution in [0.15, 0.2) is 29.0 Å². The number of aliphatic imine (C=N–C) groups is 1. The highest BCUT2D eigenvalue weighted by molar-refractivity contribution is 6.13. The molecule has 4 N–H and O–H groups in total. The molecule has 1 aliphatic heterocycles. The smallest absolute Gasteiger partial charge is 0.342 e. The van der Waals surface area contributed by atoms with E-state index in [1.165, 1.54) is 0 Å². The lowest BCUT2D eigenvalue weighted by Gasteiger charge is -2.20. The first-order valence-electron chi connectivity index (χ1n) is 4.99. The molecule has 0 fully saturated rings. The maximum atomic E-state index is 11.1. The summed E-state index contributed by atoms with van der Waals surface area (Å²) in [6.07, 6.45) is 4.52. The van der Waals surface area contributed by atoms with E-state index in [4.69, 9.17) is 10.5 Å². The van der Waals surface area contributed by atoms with Gasteiger partial charge >= 0.3 is 6.03 Å². The van der Waals surface area contributed by atoms with Gasteiger partial charge in [-0.2, -0.15) is 4.99 Å². The molecule has 2 rings (SSSR count). The Morgan fingerprint density at radius 3 is 3.25 bits per heavy atom. The van der Waals surface area contributed by atoms with Crippen LogP contribution in [0.1, 0.15) is 0 Å². The lowest BCUT2D eigenvalue weighted by Crippen LogP contribution is -2.36. The number of aliphatic hydroxyl groups is 1. The van der Waals surface area contributed by atoms with Crippen LogP contribution in [-0.4, -0.2) is 42.1 Å². The number of amides is 2. The van der Waals surface area contributed by atoms with Gasteiger partial charge in [-0.15, -0.1) is 0 Å². The summed E-state index contributed by atoms with van der Waals surface area (Å²) in [5.74, 6) is 0.569. The highest BCUT2D eigenvalue weighted by atomic mass is 16.5. The van der Waals surface area contributed by atoms with Crippen molar-refractivity contribution >= 4 is 11.7 Å². The average molecular weight is 223 g/mol. The monoisotopic (exact) mass is 223 g/mol. The van der Waals surface area contributed by atoms with Gasteiger partial charge < -0.3 is 20.9 Å². The van der Waals surface area contributed by atoms with Crippen molar-refractivity contribution in [2.45, 2.75) is 12.1 Å². The quantitative estimate of drug-likeness (QED) is 0.587. The number of carbonyl (C=O) groups excluding carboxylic acids is 1. The van der Waals surface area contributed by atoms with Gasteiger partial charge in [-0.1, -0.05) is 6.08 Å². The first-order valence-corrected chi connectivity index (χ1v) is 4.99. The molecule has 0 aromatic rings. The molecule has 1 aliphatic carbocycles. The van der Waals surface area contributed by atoms with Crippen molar-refractivity contribution in [1.29, 1.82) is 0 Å². The number of fused-ring (bicyclic) bond motifs is 1. The number of hydrogen-bond donors (Lipinski definition) is 3. The summed E-state index contributed by atoms with van der Waals surface area (Å²) < 4.78 is 5.38. The summed E-state index contributed by atoms with van der Waals surface area (Å²) in [5, 5.41) is 11.9. The molecule has 2 aliphatic rings. The zero-order chi connectivity index (χ0) is 11.5. The first kappa shape index (κ1) is 10.8. The van der Waals surface area contributed by atoms with Crippen LogP contribution in [0.4, 0.5) is 4.79 Å². The van der Waals surface area contributed by atoms with E-state index in [2.05, 4.69) is 10.3 Å². The fraction of sp³-hybridized carbons (Fsp3) is 0.400. The van der Waals surface area contributed by atoms with Crippen molar-refractivity contribution in [3.8, 4) is 0 Å². The number of allylic oxidation sites excluding steroid dienone is 2. The molecule has 16 heavy (non-hydrogen) atoms. The highest BCUT2D eigenvalue weighted by Crippen LogP contribution is 2.17. The van der Waals surface area contributed by atoms with E-state index < -0.39 is 6.10 Å². The Morgan fingerprint density at radius 1 is 1.69 bits per heavy atom. The van der Waals surface area contributed by atoms with Crippen molar-refractivity contribution in [1.82, 2.24) is 5.32 Å². The second kappa shape index (κ2) is 4.46. The second-order valence-corrected chi connectivity index (χ2v) is 3.55. The fourth-order valence-electron chi connectivity index (χ4n) is 1.49. The molecule has 1 unspecified atom stereocenters. The van der Waals surface area contributed by atoms with E-state index in [9.17, 15) is 9.90 Å². The van der Waals surface area contributed by atoms with E-state index in [-0.39, 0.29) is 25.2 Å². The van der Waals surface area contributed by atoms with Crippen molar-refractivity contribution in [3.63, 3.8) is 0 Å². The lowest BCUT2D eigenvalue weighted by atomic mass is 10.1. The Balaban J connectivity index is 2.00. The standard InChI is InChI=1S/C10H13N3O3/c11-4-6(14)5-16-8-3-1-2-7-9(8)13-10(15)12-7/h1-3,6,9,14H,4-5,11H2,(H,13,15)/t6-,9?/m0/s1. The average Bonchev–Trinajstić information content (AvgIpc) is 2.66. The number of nitrogens with one attached hydrogen (secondary N) is 1. The Kier molecular flexibility index (Phi) is 3.02. The largest absolute Gasteiger partial charge is 0.493 e. The third kappa shape index (κ3) is 2.12. The summed E-state index contributed by atoms with van der Waals surface area (Å²) in [6, 6.07) is -0.706. The summed E-state index contributed by atoms with van der Waals surface area (Å²) in [6.45, 7) is 0.247. The van der Waals surface area contributed by atoms with Gasteiger partial charge in [0.1, 0.15) is 24.5 Å². The van der Waals surface area contributed by atoms with Crippen molar-refractivity contribution in [2.75, 3.05) is 13.2 Å². The van der Waals surface area contributed by atoms with Gasteiger partial charge in [0, 0.05) is 6.54 Å². The lowest BCUT2D eigenvalue weighted by molar-refractivity contribution is 0.0731. The first-order chi connectivity index (χ1) is 7.70. The van der Waals surface area contributed by atoms with Crippen LogP contribution in [0.2, 0.25) is 0 Å². The van der Waals surface area contributed by atoms with Gasteiger partial charge in [0.15, 0.2) is 0 Å². The number of ether oxygens (including phenoxy) is 1. The summed E-state index contributed by atoms with van der Waals surface area (Å²) in [5.41, 5.74) is 5.89. The topological polar surface area (TPSA) is 96.9 Å². The molecule has 86 valence electrons. The minimum Gasteiger partial charge on any atom is -0.493 e. The molecular formula is C10H13N3O3. The molecule has 2 amide bonds. The SMILES string of the molecule is NC[C@H](O)COC1=CC=CC2=NC(=O)NC12. The van der Waals surface area contributed by atoms with Gasteiger partial charge in [0.05, 0.1) is 5.71 Å². The normalized spacial score (nSPS) is 24.4. The number of hydrogen-bond acceptors (Lipinski definition) is 4. The van der Waals surface area contributed by atoms with Crippen molar-refractivity contribution in [2.24, 2.45) is 10.7 Å². The summed E-state index contributed by atoms with van der Waals surface area (Å²) in [4.78, 5) is 14.8. The van der Waals surface area contributed by atoms with Crippen molar-refractivity contribution < 1.29 is 14.6 Å². The van der Waals surface area contributed by atoms with E-state index in [1.54, 1.807) is 18.2 Å². The van der Waals surface area contributed by atoms with Crippen LogP contribution in [0.25, 0.3) is 0 Å². The van der Waals surface area contributed by atoms with Crippen LogP contribution in [-0.2, 0) is 4.74 Å². The van der Waals surface area contributed by atoms with Crippen LogP contribution in [0.5, 0.6) is 0 Å². The van der Waals surface area contributed by atoms with E-state index in [1.807, 2.05) is 0 Å². The van der Waals surface area contributed by atoms with Gasteiger partial charge in [0.2, 0.25) is 0 Å². The second-order valence-electron chi connectivity index (χ2n) is 3.55. The summed E-state index contributed by atoms with van der Waals surface area (Å²) >= 11 is 0. The minimum atomic E-state index is -0.704. The van der Waals surface area contributed by atoms with Crippen LogP contribution < -0.4 is 11.1 Å². The molecule has 0 aromatic carbocycles. The fourth-order valence-corrected chi connectivity index (χ4v) is 1.49. The van der Waals surface area contributed by atoms with E-state index in [0.29, 0.717) is 11.5 Å². The number of nitrogens with zero attached hydrogens (tertiary/aromatic N) is 1. The van der Waals surface area contributed by atoms with Crippen LogP contribution >= 0.6 is 0 Å². The maximum absolute atomic E-state index is 11.1. The third-order valence-corrected chi connectivity index (χ3v) is 2.32. The zero-order valence-electron chi connectivity index (χ0n) is 8.59. The van der Waals surface area contributed by atoms with E-state index in [0.717, 1.165) is 0 Å².